The molecule has 0 bridgehead atoms. The second kappa shape index (κ2) is 3.22. The Labute approximate surface area is 96.7 Å². The molecule has 0 aliphatic rings. The maximum Gasteiger partial charge on any atom is 0.257 e. The third-order valence-corrected chi connectivity index (χ3v) is 2.93. The van der Waals surface area contributed by atoms with Crippen LogP contribution in [0.25, 0.3) is 16.4 Å². The highest BCUT2D eigenvalue weighted by atomic mass is 16.1. The quantitative estimate of drug-likeness (QED) is 0.633. The minimum atomic E-state index is -0.181. The maximum atomic E-state index is 12.0. The molecule has 0 atom stereocenters. The van der Waals surface area contributed by atoms with Gasteiger partial charge in [0.05, 0.1) is 0 Å². The van der Waals surface area contributed by atoms with Gasteiger partial charge in [-0.25, -0.2) is 0 Å². The Bertz CT molecular complexity index is 833. The molecule has 2 heterocycles. The topological polar surface area (TPSA) is 61.1 Å². The molecular formula is C13H9N3O. The third-order valence-electron chi connectivity index (χ3n) is 2.93. The van der Waals surface area contributed by atoms with E-state index in [9.17, 15) is 4.79 Å². The molecule has 4 heteroatoms. The van der Waals surface area contributed by atoms with Gasteiger partial charge >= 0.3 is 0 Å². The van der Waals surface area contributed by atoms with Crippen molar-refractivity contribution in [3.63, 3.8) is 0 Å². The minimum absolute atomic E-state index is 0.181. The van der Waals surface area contributed by atoms with Crippen molar-refractivity contribution in [3.8, 4) is 6.07 Å². The Morgan fingerprint density at radius 1 is 1.35 bits per heavy atom. The van der Waals surface area contributed by atoms with Gasteiger partial charge in [-0.3, -0.25) is 9.20 Å². The van der Waals surface area contributed by atoms with Crippen LogP contribution < -0.4 is 5.56 Å². The first-order chi connectivity index (χ1) is 8.22. The van der Waals surface area contributed by atoms with Crippen LogP contribution in [0.15, 0.2) is 35.1 Å². The standard InChI is InChI=1S/C13H9N3O/c1-8-11(7-14)16-12(17)6-9-4-2-3-5-10(9)13(16)15-8/h2-6,15H,1H3. The summed E-state index contributed by atoms with van der Waals surface area (Å²) in [6.45, 7) is 1.79. The fraction of sp³-hybridized carbons (Fsp3) is 0.0769. The zero-order chi connectivity index (χ0) is 12.0. The van der Waals surface area contributed by atoms with Crippen LogP contribution in [0.3, 0.4) is 0 Å². The number of pyridine rings is 1. The zero-order valence-corrected chi connectivity index (χ0v) is 9.19. The van der Waals surface area contributed by atoms with Gasteiger partial charge in [-0.05, 0) is 12.3 Å². The Hall–Kier alpha value is -2.54. The molecule has 0 unspecified atom stereocenters. The van der Waals surface area contributed by atoms with Gasteiger partial charge in [-0.1, -0.05) is 24.3 Å². The molecule has 0 fully saturated rings. The summed E-state index contributed by atoms with van der Waals surface area (Å²) in [6, 6.07) is 11.2. The summed E-state index contributed by atoms with van der Waals surface area (Å²) in [7, 11) is 0. The van der Waals surface area contributed by atoms with E-state index in [0.29, 0.717) is 17.0 Å². The number of aryl methyl sites for hydroxylation is 1. The first-order valence-corrected chi connectivity index (χ1v) is 5.25. The molecule has 3 aromatic rings. The van der Waals surface area contributed by atoms with E-state index in [4.69, 9.17) is 5.26 Å². The minimum Gasteiger partial charge on any atom is -0.342 e. The predicted octanol–water partition coefficient (Wildman–Crippen LogP) is 1.96. The summed E-state index contributed by atoms with van der Waals surface area (Å²) < 4.78 is 1.43. The largest absolute Gasteiger partial charge is 0.342 e. The summed E-state index contributed by atoms with van der Waals surface area (Å²) in [5.41, 5.74) is 1.58. The van der Waals surface area contributed by atoms with E-state index in [1.807, 2.05) is 24.3 Å². The second-order valence-electron chi connectivity index (χ2n) is 3.96. The lowest BCUT2D eigenvalue weighted by atomic mass is 10.2. The van der Waals surface area contributed by atoms with E-state index in [0.717, 1.165) is 10.8 Å². The predicted molar refractivity (Wildman–Crippen MR) is 65.0 cm³/mol. The number of fused-ring (bicyclic) bond motifs is 3. The van der Waals surface area contributed by atoms with Crippen LogP contribution in [0.4, 0.5) is 0 Å². The molecule has 0 spiro atoms. The van der Waals surface area contributed by atoms with Crippen molar-refractivity contribution >= 4 is 16.4 Å². The normalized spacial score (nSPS) is 10.8. The Morgan fingerprint density at radius 3 is 2.88 bits per heavy atom. The number of benzene rings is 1. The van der Waals surface area contributed by atoms with Gasteiger partial charge in [0.1, 0.15) is 17.4 Å². The van der Waals surface area contributed by atoms with E-state index >= 15 is 0 Å². The molecule has 0 saturated heterocycles. The smallest absolute Gasteiger partial charge is 0.257 e. The van der Waals surface area contributed by atoms with Crippen molar-refractivity contribution in [3.05, 3.63) is 52.1 Å². The molecule has 82 valence electrons. The lowest BCUT2D eigenvalue weighted by molar-refractivity contribution is 1.09. The maximum absolute atomic E-state index is 12.0. The molecule has 17 heavy (non-hydrogen) atoms. The van der Waals surface area contributed by atoms with E-state index in [-0.39, 0.29) is 5.56 Å². The van der Waals surface area contributed by atoms with Crippen LogP contribution in [0.1, 0.15) is 11.4 Å². The van der Waals surface area contributed by atoms with Crippen LogP contribution in [0.5, 0.6) is 0 Å². The number of nitrogens with one attached hydrogen (secondary N) is 1. The number of imidazole rings is 1. The third kappa shape index (κ3) is 1.20. The molecule has 1 N–H and O–H groups in total. The first-order valence-electron chi connectivity index (χ1n) is 5.25. The second-order valence-corrected chi connectivity index (χ2v) is 3.96. The van der Waals surface area contributed by atoms with Crippen molar-refractivity contribution in [2.75, 3.05) is 0 Å². The summed E-state index contributed by atoms with van der Waals surface area (Å²) in [6.07, 6.45) is 0. The summed E-state index contributed by atoms with van der Waals surface area (Å²) in [5, 5.41) is 10.9. The fourth-order valence-corrected chi connectivity index (χ4v) is 2.15. The van der Waals surface area contributed by atoms with Crippen LogP contribution in [-0.4, -0.2) is 9.38 Å². The van der Waals surface area contributed by atoms with Crippen LogP contribution in [-0.2, 0) is 0 Å². The van der Waals surface area contributed by atoms with Gasteiger partial charge < -0.3 is 4.98 Å². The van der Waals surface area contributed by atoms with Crippen molar-refractivity contribution in [1.82, 2.24) is 9.38 Å². The molecule has 1 aromatic carbocycles. The van der Waals surface area contributed by atoms with E-state index in [1.54, 1.807) is 13.0 Å². The summed E-state index contributed by atoms with van der Waals surface area (Å²) in [5.74, 6) is 0. The molecular weight excluding hydrogens is 214 g/mol. The molecule has 0 aliphatic heterocycles. The molecule has 0 saturated carbocycles. The van der Waals surface area contributed by atoms with Gasteiger partial charge in [-0.15, -0.1) is 0 Å². The SMILES string of the molecule is Cc1[nH]c2c3ccccc3cc(=O)n2c1C#N. The molecule has 4 nitrogen and oxygen atoms in total. The number of aromatic amines is 1. The van der Waals surface area contributed by atoms with Gasteiger partial charge in [-0.2, -0.15) is 5.26 Å². The van der Waals surface area contributed by atoms with Gasteiger partial charge in [0.2, 0.25) is 0 Å². The molecule has 3 rings (SSSR count). The van der Waals surface area contributed by atoms with E-state index in [2.05, 4.69) is 11.1 Å². The summed E-state index contributed by atoms with van der Waals surface area (Å²) in [4.78, 5) is 15.1. The van der Waals surface area contributed by atoms with Gasteiger partial charge in [0.25, 0.3) is 5.56 Å². The first kappa shape index (κ1) is 9.67. The average molecular weight is 223 g/mol. The lowest BCUT2D eigenvalue weighted by Crippen LogP contribution is -2.12. The number of H-pyrrole nitrogens is 1. The average Bonchev–Trinajstić information content (AvgIpc) is 2.66. The number of hydrogen-bond donors (Lipinski definition) is 1. The Balaban J connectivity index is 2.70. The van der Waals surface area contributed by atoms with E-state index in [1.165, 1.54) is 4.40 Å². The van der Waals surface area contributed by atoms with E-state index < -0.39 is 0 Å². The molecule has 0 amide bonds. The monoisotopic (exact) mass is 223 g/mol. The number of rotatable bonds is 0. The van der Waals surface area contributed by atoms with Gasteiger partial charge in [0.15, 0.2) is 0 Å². The highest BCUT2D eigenvalue weighted by Crippen LogP contribution is 2.19. The number of nitriles is 1. The number of nitrogens with zero attached hydrogens (tertiary/aromatic N) is 2. The molecule has 0 aliphatic carbocycles. The number of hydrogen-bond acceptors (Lipinski definition) is 2. The van der Waals surface area contributed by atoms with Crippen molar-refractivity contribution in [2.24, 2.45) is 0 Å². The van der Waals surface area contributed by atoms with Crippen molar-refractivity contribution in [1.29, 1.82) is 5.26 Å². The fourth-order valence-electron chi connectivity index (χ4n) is 2.15. The van der Waals surface area contributed by atoms with Crippen LogP contribution in [0.2, 0.25) is 0 Å². The lowest BCUT2D eigenvalue weighted by Gasteiger charge is -1.99. The summed E-state index contributed by atoms with van der Waals surface area (Å²) >= 11 is 0. The molecule has 2 aromatic heterocycles. The Kier molecular flexibility index (Phi) is 1.83. The zero-order valence-electron chi connectivity index (χ0n) is 9.19. The highest BCUT2D eigenvalue weighted by Gasteiger charge is 2.11. The highest BCUT2D eigenvalue weighted by molar-refractivity contribution is 5.94. The Morgan fingerprint density at radius 2 is 2.12 bits per heavy atom. The van der Waals surface area contributed by atoms with Crippen molar-refractivity contribution < 1.29 is 0 Å². The van der Waals surface area contributed by atoms with Crippen molar-refractivity contribution in [2.45, 2.75) is 6.92 Å². The number of aromatic nitrogens is 2. The molecule has 0 radical (unpaired) electrons. The van der Waals surface area contributed by atoms with Crippen LogP contribution in [0, 0.1) is 18.3 Å². The van der Waals surface area contributed by atoms with Crippen LogP contribution >= 0.6 is 0 Å². The van der Waals surface area contributed by atoms with Gasteiger partial charge in [0, 0.05) is 17.1 Å².